The first-order valence-electron chi connectivity index (χ1n) is 5.86. The van der Waals surface area contributed by atoms with Crippen LogP contribution in [0.4, 0.5) is 0 Å². The fourth-order valence-corrected chi connectivity index (χ4v) is 4.25. The fourth-order valence-electron chi connectivity index (χ4n) is 1.78. The van der Waals surface area contributed by atoms with Crippen molar-refractivity contribution in [2.75, 3.05) is 0 Å². The van der Waals surface area contributed by atoms with E-state index in [-0.39, 0.29) is 15.2 Å². The molecule has 0 aliphatic rings. The zero-order chi connectivity index (χ0) is 13.1. The van der Waals surface area contributed by atoms with Crippen molar-refractivity contribution >= 4 is 35.6 Å². The number of halogens is 1. The Morgan fingerprint density at radius 1 is 0.947 bits per heavy atom. The second-order valence-electron chi connectivity index (χ2n) is 3.96. The molecule has 2 aromatic carbocycles. The zero-order valence-corrected chi connectivity index (χ0v) is 13.3. The molecule has 1 aromatic heterocycles. The Kier molecular flexibility index (Phi) is 3.83. The van der Waals surface area contributed by atoms with Gasteiger partial charge in [0.05, 0.1) is 0 Å². The van der Waals surface area contributed by atoms with E-state index in [1.54, 1.807) is 0 Å². The van der Waals surface area contributed by atoms with Gasteiger partial charge in [-0.1, -0.05) is 0 Å². The van der Waals surface area contributed by atoms with E-state index in [0.717, 1.165) is 15.9 Å². The summed E-state index contributed by atoms with van der Waals surface area (Å²) in [4.78, 5) is 4.48. The summed E-state index contributed by atoms with van der Waals surface area (Å²) in [5.41, 5.74) is 1.15. The predicted molar refractivity (Wildman–Crippen MR) is 82.6 cm³/mol. The molecule has 0 saturated heterocycles. The molecule has 1 heterocycles. The Labute approximate surface area is 127 Å². The molecule has 2 nitrogen and oxygen atoms in total. The summed E-state index contributed by atoms with van der Waals surface area (Å²) in [5.74, 6) is 1.02. The van der Waals surface area contributed by atoms with Gasteiger partial charge in [-0.2, -0.15) is 0 Å². The number of imidazole rings is 1. The third kappa shape index (κ3) is 2.81. The molecule has 94 valence electrons. The molecule has 0 saturated carbocycles. The van der Waals surface area contributed by atoms with Crippen LogP contribution in [0, 0.1) is 0 Å². The molecule has 0 aliphatic heterocycles. The van der Waals surface area contributed by atoms with Crippen LogP contribution in [0.2, 0.25) is 0 Å². The summed E-state index contributed by atoms with van der Waals surface area (Å²) < 4.78 is 4.69. The second-order valence-corrected chi connectivity index (χ2v) is 6.95. The number of aromatic nitrogens is 2. The van der Waals surface area contributed by atoms with E-state index in [9.17, 15) is 0 Å². The number of nitrogens with zero attached hydrogens (tertiary/aromatic N) is 2. The van der Waals surface area contributed by atoms with E-state index < -0.39 is 0 Å². The zero-order valence-electron chi connectivity index (χ0n) is 10.0. The van der Waals surface area contributed by atoms with Crippen molar-refractivity contribution in [3.05, 3.63) is 71.5 Å². The summed E-state index contributed by atoms with van der Waals surface area (Å²) in [6.07, 6.45) is 3.91. The summed E-state index contributed by atoms with van der Waals surface area (Å²) in [7, 11) is 0. The van der Waals surface area contributed by atoms with Crippen molar-refractivity contribution in [1.29, 1.82) is 0 Å². The van der Waals surface area contributed by atoms with Gasteiger partial charge in [-0.25, -0.2) is 0 Å². The molecule has 0 aliphatic carbocycles. The molecule has 0 unspecified atom stereocenters. The van der Waals surface area contributed by atoms with Gasteiger partial charge in [0.15, 0.2) is 0 Å². The normalized spacial score (nSPS) is 10.6. The molecule has 19 heavy (non-hydrogen) atoms. The predicted octanol–water partition coefficient (Wildman–Crippen LogP) is 3.11. The number of hydrogen-bond acceptors (Lipinski definition) is 1. The molecule has 0 bridgehead atoms. The Balaban J connectivity index is 1.96. The topological polar surface area (TPSA) is 17.8 Å². The van der Waals surface area contributed by atoms with Gasteiger partial charge in [-0.3, -0.25) is 0 Å². The van der Waals surface area contributed by atoms with Crippen LogP contribution in [-0.2, 0) is 0 Å². The third-order valence-electron chi connectivity index (χ3n) is 2.67. The molecular formula is C15H11BrN2Se. The molecule has 0 amide bonds. The average molecular weight is 378 g/mol. The Morgan fingerprint density at radius 2 is 1.68 bits per heavy atom. The quantitative estimate of drug-likeness (QED) is 0.641. The van der Waals surface area contributed by atoms with Crippen LogP contribution in [0.5, 0.6) is 0 Å². The standard InChI is InChI=1S/C15H11BrN2Se/c16-13-8-4-5-9-14(13)19-18-11-10-17-15(18)12-6-2-1-3-7-12/h1-11H. The van der Waals surface area contributed by atoms with Crippen molar-refractivity contribution < 1.29 is 0 Å². The van der Waals surface area contributed by atoms with Gasteiger partial charge in [0, 0.05) is 0 Å². The molecule has 4 heteroatoms. The van der Waals surface area contributed by atoms with Crippen molar-refractivity contribution in [1.82, 2.24) is 8.57 Å². The number of rotatable bonds is 3. The summed E-state index contributed by atoms with van der Waals surface area (Å²) in [6.45, 7) is 0. The molecule has 3 aromatic rings. The van der Waals surface area contributed by atoms with E-state index >= 15 is 0 Å². The maximum absolute atomic E-state index is 4.48. The van der Waals surface area contributed by atoms with E-state index in [0.29, 0.717) is 0 Å². The number of hydrogen-bond donors (Lipinski definition) is 0. The summed E-state index contributed by atoms with van der Waals surface area (Å²) in [5, 5.41) is 0. The van der Waals surface area contributed by atoms with Crippen LogP contribution >= 0.6 is 15.9 Å². The first kappa shape index (κ1) is 12.7. The molecule has 0 radical (unpaired) electrons. The van der Waals surface area contributed by atoms with Crippen LogP contribution < -0.4 is 4.46 Å². The Hall–Kier alpha value is -1.35. The minimum atomic E-state index is 0.182. The van der Waals surface area contributed by atoms with E-state index in [4.69, 9.17) is 0 Å². The second kappa shape index (κ2) is 5.74. The van der Waals surface area contributed by atoms with Gasteiger partial charge >= 0.3 is 127 Å². The monoisotopic (exact) mass is 378 g/mol. The third-order valence-corrected chi connectivity index (χ3v) is 6.15. The van der Waals surface area contributed by atoms with Gasteiger partial charge < -0.3 is 0 Å². The van der Waals surface area contributed by atoms with Crippen LogP contribution in [-0.4, -0.2) is 23.7 Å². The van der Waals surface area contributed by atoms with Crippen LogP contribution in [0.3, 0.4) is 0 Å². The van der Waals surface area contributed by atoms with Gasteiger partial charge in [0.2, 0.25) is 0 Å². The number of benzene rings is 2. The molecule has 0 fully saturated rings. The van der Waals surface area contributed by atoms with Crippen molar-refractivity contribution in [2.24, 2.45) is 0 Å². The van der Waals surface area contributed by atoms with Crippen LogP contribution in [0.15, 0.2) is 71.5 Å². The molecular weight excluding hydrogens is 367 g/mol. The molecule has 0 spiro atoms. The minimum absolute atomic E-state index is 0.182. The first-order valence-corrected chi connectivity index (χ1v) is 8.28. The fraction of sp³-hybridized carbons (Fsp3) is 0. The van der Waals surface area contributed by atoms with Gasteiger partial charge in [-0.15, -0.1) is 0 Å². The maximum atomic E-state index is 4.48. The SMILES string of the molecule is Brc1ccccc1[Se]n1ccnc1-c1ccccc1. The summed E-state index contributed by atoms with van der Waals surface area (Å²) in [6, 6.07) is 18.6. The molecule has 0 atom stereocenters. The van der Waals surface area contributed by atoms with Gasteiger partial charge in [0.1, 0.15) is 0 Å². The average Bonchev–Trinajstić information content (AvgIpc) is 2.91. The Bertz CT molecular complexity index is 679. The van der Waals surface area contributed by atoms with E-state index in [2.05, 4.69) is 54.8 Å². The van der Waals surface area contributed by atoms with Gasteiger partial charge in [0.25, 0.3) is 0 Å². The van der Waals surface area contributed by atoms with Crippen molar-refractivity contribution in [3.63, 3.8) is 0 Å². The van der Waals surface area contributed by atoms with E-state index in [1.807, 2.05) is 36.7 Å². The molecule has 0 N–H and O–H groups in total. The van der Waals surface area contributed by atoms with Crippen LogP contribution in [0.25, 0.3) is 11.4 Å². The van der Waals surface area contributed by atoms with Crippen LogP contribution in [0.1, 0.15) is 0 Å². The molecule has 3 rings (SSSR count). The van der Waals surface area contributed by atoms with Crippen molar-refractivity contribution in [3.8, 4) is 11.4 Å². The van der Waals surface area contributed by atoms with Gasteiger partial charge in [-0.05, 0) is 0 Å². The summed E-state index contributed by atoms with van der Waals surface area (Å²) >= 11 is 3.79. The van der Waals surface area contributed by atoms with E-state index in [1.165, 1.54) is 4.46 Å². The first-order chi connectivity index (χ1) is 9.34. The Morgan fingerprint density at radius 3 is 2.47 bits per heavy atom. The van der Waals surface area contributed by atoms with Crippen molar-refractivity contribution in [2.45, 2.75) is 0 Å².